The fourth-order valence-electron chi connectivity index (χ4n) is 3.60. The highest BCUT2D eigenvalue weighted by Gasteiger charge is 2.24. The molecule has 11 heteroatoms. The van der Waals surface area contributed by atoms with Crippen molar-refractivity contribution >= 4 is 46.8 Å². The van der Waals surface area contributed by atoms with Crippen molar-refractivity contribution in [3.05, 3.63) is 70.5 Å². The summed E-state index contributed by atoms with van der Waals surface area (Å²) in [6, 6.07) is 13.0. The zero-order valence-electron chi connectivity index (χ0n) is 21.2. The molecule has 0 saturated carbocycles. The summed E-state index contributed by atoms with van der Waals surface area (Å²) >= 11 is 7.42. The first kappa shape index (κ1) is 28.2. The van der Waals surface area contributed by atoms with E-state index in [4.69, 9.17) is 16.3 Å². The van der Waals surface area contributed by atoms with Crippen LogP contribution in [0.4, 0.5) is 5.69 Å². The third kappa shape index (κ3) is 7.80. The molecule has 1 heterocycles. The fraction of sp³-hybridized carbons (Fsp3) is 0.346. The minimum Gasteiger partial charge on any atom is -0.462 e. The molecule has 0 aliphatic carbocycles. The number of hydrogen-bond acceptors (Lipinski definition) is 7. The lowest BCUT2D eigenvalue weighted by Gasteiger charge is -2.20. The van der Waals surface area contributed by atoms with Gasteiger partial charge in [-0.25, -0.2) is 4.79 Å². The second-order valence-electron chi connectivity index (χ2n) is 8.67. The van der Waals surface area contributed by atoms with Crippen LogP contribution >= 0.6 is 23.4 Å². The van der Waals surface area contributed by atoms with Crippen LogP contribution in [-0.2, 0) is 16.6 Å². The molecular formula is C26H30ClN5O4S. The highest BCUT2D eigenvalue weighted by atomic mass is 35.5. The van der Waals surface area contributed by atoms with E-state index in [0.717, 1.165) is 0 Å². The number of esters is 1. The van der Waals surface area contributed by atoms with Gasteiger partial charge in [-0.3, -0.25) is 9.59 Å². The van der Waals surface area contributed by atoms with Crippen LogP contribution in [-0.4, -0.2) is 44.9 Å². The standard InChI is InChI=1S/C26H30ClN5O4S/c1-5-36-25(35)17-9-8-10-18(14-17)28-22(33)15-37-26-31-30-23(32(26)4)21(13-16(2)3)29-24(34)19-11-6-7-12-20(19)27/h6-12,14,16,21H,5,13,15H2,1-4H3,(H,28,33)(H,29,34)/t21-/m1/s1. The fourth-order valence-corrected chi connectivity index (χ4v) is 4.54. The number of thioether (sulfide) groups is 1. The molecule has 196 valence electrons. The van der Waals surface area contributed by atoms with E-state index in [-0.39, 0.29) is 30.1 Å². The van der Waals surface area contributed by atoms with Crippen LogP contribution in [0.1, 0.15) is 59.8 Å². The molecule has 0 fully saturated rings. The number of aromatic nitrogens is 3. The lowest BCUT2D eigenvalue weighted by atomic mass is 10.0. The summed E-state index contributed by atoms with van der Waals surface area (Å²) in [5.41, 5.74) is 1.24. The third-order valence-corrected chi connectivity index (χ3v) is 6.65. The number of anilines is 1. The Hall–Kier alpha value is -3.37. The highest BCUT2D eigenvalue weighted by Crippen LogP contribution is 2.25. The topological polar surface area (TPSA) is 115 Å². The van der Waals surface area contributed by atoms with Gasteiger partial charge in [-0.05, 0) is 49.6 Å². The first-order chi connectivity index (χ1) is 17.7. The van der Waals surface area contributed by atoms with Crippen LogP contribution in [0.3, 0.4) is 0 Å². The molecular weight excluding hydrogens is 514 g/mol. The smallest absolute Gasteiger partial charge is 0.338 e. The molecule has 0 spiro atoms. The van der Waals surface area contributed by atoms with Crippen molar-refractivity contribution in [3.8, 4) is 0 Å². The van der Waals surface area contributed by atoms with Gasteiger partial charge in [-0.1, -0.05) is 55.4 Å². The number of nitrogens with one attached hydrogen (secondary N) is 2. The Kier molecular flexibility index (Phi) is 10.1. The van der Waals surface area contributed by atoms with E-state index in [9.17, 15) is 14.4 Å². The molecule has 2 amide bonds. The predicted octanol–water partition coefficient (Wildman–Crippen LogP) is 4.89. The van der Waals surface area contributed by atoms with Crippen molar-refractivity contribution in [3.63, 3.8) is 0 Å². The summed E-state index contributed by atoms with van der Waals surface area (Å²) in [5, 5.41) is 15.3. The monoisotopic (exact) mass is 543 g/mol. The molecule has 1 aromatic heterocycles. The number of halogens is 1. The van der Waals surface area contributed by atoms with Gasteiger partial charge in [0.2, 0.25) is 5.91 Å². The molecule has 0 bridgehead atoms. The van der Waals surface area contributed by atoms with Gasteiger partial charge < -0.3 is 19.9 Å². The van der Waals surface area contributed by atoms with E-state index in [1.807, 2.05) is 0 Å². The van der Waals surface area contributed by atoms with Crippen LogP contribution in [0.2, 0.25) is 5.02 Å². The number of carbonyl (C=O) groups excluding carboxylic acids is 3. The third-order valence-electron chi connectivity index (χ3n) is 5.30. The Labute approximate surface area is 225 Å². The quantitative estimate of drug-likeness (QED) is 0.261. The molecule has 0 aliphatic rings. The van der Waals surface area contributed by atoms with Crippen LogP contribution < -0.4 is 10.6 Å². The summed E-state index contributed by atoms with van der Waals surface area (Å²) in [6.45, 7) is 6.12. The second-order valence-corrected chi connectivity index (χ2v) is 10.0. The molecule has 0 unspecified atom stereocenters. The molecule has 3 aromatic rings. The Morgan fingerprint density at radius 2 is 1.86 bits per heavy atom. The molecule has 0 saturated heterocycles. The molecule has 37 heavy (non-hydrogen) atoms. The van der Waals surface area contributed by atoms with Gasteiger partial charge in [-0.2, -0.15) is 0 Å². The average Bonchev–Trinajstić information content (AvgIpc) is 3.22. The number of amides is 2. The Bertz CT molecular complexity index is 1260. The Morgan fingerprint density at radius 3 is 2.57 bits per heavy atom. The molecule has 1 atom stereocenters. The summed E-state index contributed by atoms with van der Waals surface area (Å²) < 4.78 is 6.78. The van der Waals surface area contributed by atoms with Crippen LogP contribution in [0.25, 0.3) is 0 Å². The number of carbonyl (C=O) groups is 3. The number of nitrogens with zero attached hydrogens (tertiary/aromatic N) is 3. The second kappa shape index (κ2) is 13.3. The summed E-state index contributed by atoms with van der Waals surface area (Å²) in [5.74, 6) is -0.0628. The van der Waals surface area contributed by atoms with E-state index >= 15 is 0 Å². The maximum atomic E-state index is 12.9. The van der Waals surface area contributed by atoms with E-state index in [1.54, 1.807) is 67.1 Å². The van der Waals surface area contributed by atoms with E-state index < -0.39 is 12.0 Å². The molecule has 0 aliphatic heterocycles. The van der Waals surface area contributed by atoms with Gasteiger partial charge in [0.15, 0.2) is 11.0 Å². The normalized spacial score (nSPS) is 11.7. The van der Waals surface area contributed by atoms with E-state index in [1.165, 1.54) is 11.8 Å². The van der Waals surface area contributed by atoms with Crippen LogP contribution in [0, 0.1) is 5.92 Å². The molecule has 0 radical (unpaired) electrons. The zero-order chi connectivity index (χ0) is 26.9. The van der Waals surface area contributed by atoms with Crippen molar-refractivity contribution in [1.82, 2.24) is 20.1 Å². The maximum absolute atomic E-state index is 12.9. The number of rotatable bonds is 11. The summed E-state index contributed by atoms with van der Waals surface area (Å²) in [6.07, 6.45) is 0.643. The van der Waals surface area contributed by atoms with Crippen LogP contribution in [0.5, 0.6) is 0 Å². The first-order valence-electron chi connectivity index (χ1n) is 11.8. The molecule has 2 aromatic carbocycles. The lowest BCUT2D eigenvalue weighted by Crippen LogP contribution is -2.31. The summed E-state index contributed by atoms with van der Waals surface area (Å²) in [4.78, 5) is 37.4. The maximum Gasteiger partial charge on any atom is 0.338 e. The number of ether oxygens (including phenoxy) is 1. The van der Waals surface area contributed by atoms with Gasteiger partial charge in [-0.15, -0.1) is 10.2 Å². The number of hydrogen-bond donors (Lipinski definition) is 2. The van der Waals surface area contributed by atoms with Crippen molar-refractivity contribution in [1.29, 1.82) is 0 Å². The highest BCUT2D eigenvalue weighted by molar-refractivity contribution is 7.99. The summed E-state index contributed by atoms with van der Waals surface area (Å²) in [7, 11) is 1.80. The van der Waals surface area contributed by atoms with Crippen molar-refractivity contribution in [2.24, 2.45) is 13.0 Å². The predicted molar refractivity (Wildman–Crippen MR) is 144 cm³/mol. The molecule has 9 nitrogen and oxygen atoms in total. The van der Waals surface area contributed by atoms with E-state index in [0.29, 0.717) is 39.2 Å². The van der Waals surface area contributed by atoms with Crippen LogP contribution in [0.15, 0.2) is 53.7 Å². The average molecular weight is 544 g/mol. The van der Waals surface area contributed by atoms with Gasteiger partial charge in [0.25, 0.3) is 5.91 Å². The Balaban J connectivity index is 1.66. The van der Waals surface area contributed by atoms with Crippen molar-refractivity contribution in [2.45, 2.75) is 38.4 Å². The van der Waals surface area contributed by atoms with E-state index in [2.05, 4.69) is 34.7 Å². The zero-order valence-corrected chi connectivity index (χ0v) is 22.7. The van der Waals surface area contributed by atoms with Gasteiger partial charge in [0, 0.05) is 12.7 Å². The minimum atomic E-state index is -0.447. The minimum absolute atomic E-state index is 0.0798. The Morgan fingerprint density at radius 1 is 1.11 bits per heavy atom. The lowest BCUT2D eigenvalue weighted by molar-refractivity contribution is -0.113. The SMILES string of the molecule is CCOC(=O)c1cccc(NC(=O)CSc2nnc([C@@H](CC(C)C)NC(=O)c3ccccc3Cl)n2C)c1. The molecule has 2 N–H and O–H groups in total. The first-order valence-corrected chi connectivity index (χ1v) is 13.2. The largest absolute Gasteiger partial charge is 0.462 e. The van der Waals surface area contributed by atoms with Gasteiger partial charge in [0.1, 0.15) is 0 Å². The van der Waals surface area contributed by atoms with Crippen molar-refractivity contribution < 1.29 is 19.1 Å². The molecule has 3 rings (SSSR count). The van der Waals surface area contributed by atoms with Gasteiger partial charge >= 0.3 is 5.97 Å². The van der Waals surface area contributed by atoms with Gasteiger partial charge in [0.05, 0.1) is 34.6 Å². The van der Waals surface area contributed by atoms with Crippen molar-refractivity contribution in [2.75, 3.05) is 17.7 Å². The number of benzene rings is 2.